The van der Waals surface area contributed by atoms with Gasteiger partial charge in [0.1, 0.15) is 0 Å². The molecular weight excluding hydrogens is 170 g/mol. The van der Waals surface area contributed by atoms with Gasteiger partial charge < -0.3 is 11.1 Å². The summed E-state index contributed by atoms with van der Waals surface area (Å²) in [5.74, 6) is 0.235. The van der Waals surface area contributed by atoms with Gasteiger partial charge in [-0.1, -0.05) is 13.8 Å². The number of nitrogens with two attached hydrogens (primary N) is 1. The highest BCUT2D eigenvalue weighted by atomic mass is 16.2. The van der Waals surface area contributed by atoms with E-state index in [0.29, 0.717) is 12.5 Å². The molecule has 1 aromatic heterocycles. The Hall–Kier alpha value is -1.59. The summed E-state index contributed by atoms with van der Waals surface area (Å²) in [6.07, 6.45) is 0. The summed E-state index contributed by atoms with van der Waals surface area (Å²) in [6, 6.07) is 0. The summed E-state index contributed by atoms with van der Waals surface area (Å²) in [4.78, 5) is 11.3. The molecule has 0 aliphatic heterocycles. The standard InChI is InChI=1S/C7H13N5O/c1-4(2)3-9-7(13)5-6(8)11-12-10-5/h4H,3H2,1-2H3,(H,9,13)(H3,8,10,11,12). The van der Waals surface area contributed by atoms with Gasteiger partial charge >= 0.3 is 0 Å². The molecule has 0 aliphatic rings. The van der Waals surface area contributed by atoms with E-state index in [9.17, 15) is 4.79 Å². The molecule has 0 bridgehead atoms. The lowest BCUT2D eigenvalue weighted by Crippen LogP contribution is -2.28. The number of nitrogens with one attached hydrogen (secondary N) is 2. The van der Waals surface area contributed by atoms with Gasteiger partial charge in [0.05, 0.1) is 0 Å². The minimum Gasteiger partial charge on any atom is -0.380 e. The summed E-state index contributed by atoms with van der Waals surface area (Å²) in [7, 11) is 0. The molecule has 6 nitrogen and oxygen atoms in total. The number of aromatic amines is 1. The predicted molar refractivity (Wildman–Crippen MR) is 48.0 cm³/mol. The molecule has 13 heavy (non-hydrogen) atoms. The molecule has 72 valence electrons. The van der Waals surface area contributed by atoms with Crippen LogP contribution >= 0.6 is 0 Å². The molecule has 0 spiro atoms. The van der Waals surface area contributed by atoms with Crippen molar-refractivity contribution in [1.82, 2.24) is 20.7 Å². The first-order valence-corrected chi connectivity index (χ1v) is 4.05. The maximum atomic E-state index is 11.3. The van der Waals surface area contributed by atoms with Crippen LogP contribution in [-0.2, 0) is 0 Å². The quantitative estimate of drug-likeness (QED) is 0.603. The van der Waals surface area contributed by atoms with Crippen LogP contribution in [0.3, 0.4) is 0 Å². The van der Waals surface area contributed by atoms with E-state index < -0.39 is 0 Å². The largest absolute Gasteiger partial charge is 0.380 e. The first-order chi connectivity index (χ1) is 6.11. The van der Waals surface area contributed by atoms with Crippen LogP contribution in [-0.4, -0.2) is 27.9 Å². The normalized spacial score (nSPS) is 10.4. The van der Waals surface area contributed by atoms with Crippen LogP contribution in [0.2, 0.25) is 0 Å². The Morgan fingerprint density at radius 3 is 2.77 bits per heavy atom. The van der Waals surface area contributed by atoms with Crippen molar-refractivity contribution in [3.05, 3.63) is 5.69 Å². The fraction of sp³-hybridized carbons (Fsp3) is 0.571. The van der Waals surface area contributed by atoms with Crippen LogP contribution in [0.15, 0.2) is 0 Å². The van der Waals surface area contributed by atoms with E-state index in [1.165, 1.54) is 0 Å². The third kappa shape index (κ3) is 2.43. The molecule has 0 aliphatic carbocycles. The van der Waals surface area contributed by atoms with Gasteiger partial charge in [-0.15, -0.1) is 10.2 Å². The van der Waals surface area contributed by atoms with Crippen molar-refractivity contribution in [2.24, 2.45) is 5.92 Å². The van der Waals surface area contributed by atoms with Crippen molar-refractivity contribution < 1.29 is 4.79 Å². The van der Waals surface area contributed by atoms with Gasteiger partial charge in [-0.3, -0.25) is 4.79 Å². The van der Waals surface area contributed by atoms with Crippen LogP contribution in [0.1, 0.15) is 24.3 Å². The highest BCUT2D eigenvalue weighted by molar-refractivity contribution is 5.96. The van der Waals surface area contributed by atoms with Crippen molar-refractivity contribution in [3.63, 3.8) is 0 Å². The third-order valence-electron chi connectivity index (χ3n) is 1.46. The maximum absolute atomic E-state index is 11.3. The van der Waals surface area contributed by atoms with Gasteiger partial charge in [-0.25, -0.2) is 0 Å². The van der Waals surface area contributed by atoms with Gasteiger partial charge in [0, 0.05) is 6.54 Å². The maximum Gasteiger partial charge on any atom is 0.275 e. The summed E-state index contributed by atoms with van der Waals surface area (Å²) in [6.45, 7) is 4.62. The van der Waals surface area contributed by atoms with E-state index in [-0.39, 0.29) is 17.4 Å². The Kier molecular flexibility index (Phi) is 2.84. The number of rotatable bonds is 3. The van der Waals surface area contributed by atoms with E-state index >= 15 is 0 Å². The summed E-state index contributed by atoms with van der Waals surface area (Å²) >= 11 is 0. The fourth-order valence-corrected chi connectivity index (χ4v) is 0.787. The molecule has 0 saturated carbocycles. The average molecular weight is 183 g/mol. The Balaban J connectivity index is 2.54. The number of carbonyl (C=O) groups is 1. The van der Waals surface area contributed by atoms with Crippen LogP contribution in [0.4, 0.5) is 5.82 Å². The molecule has 1 amide bonds. The van der Waals surface area contributed by atoms with E-state index in [4.69, 9.17) is 5.73 Å². The molecule has 0 radical (unpaired) electrons. The second-order valence-corrected chi connectivity index (χ2v) is 3.16. The Morgan fingerprint density at radius 1 is 1.62 bits per heavy atom. The summed E-state index contributed by atoms with van der Waals surface area (Å²) < 4.78 is 0. The highest BCUT2D eigenvalue weighted by Crippen LogP contribution is 2.01. The van der Waals surface area contributed by atoms with Crippen LogP contribution in [0.25, 0.3) is 0 Å². The van der Waals surface area contributed by atoms with Crippen molar-refractivity contribution in [1.29, 1.82) is 0 Å². The second-order valence-electron chi connectivity index (χ2n) is 3.16. The molecule has 0 fully saturated rings. The van der Waals surface area contributed by atoms with E-state index in [0.717, 1.165) is 0 Å². The van der Waals surface area contributed by atoms with Gasteiger partial charge in [0.2, 0.25) is 0 Å². The molecule has 6 heteroatoms. The van der Waals surface area contributed by atoms with Crippen LogP contribution < -0.4 is 11.1 Å². The van der Waals surface area contributed by atoms with E-state index in [1.807, 2.05) is 13.8 Å². The first-order valence-electron chi connectivity index (χ1n) is 4.05. The lowest BCUT2D eigenvalue weighted by Gasteiger charge is -2.05. The van der Waals surface area contributed by atoms with Gasteiger partial charge in [0.15, 0.2) is 11.5 Å². The van der Waals surface area contributed by atoms with Gasteiger partial charge in [0.25, 0.3) is 5.91 Å². The zero-order valence-electron chi connectivity index (χ0n) is 7.66. The Labute approximate surface area is 75.9 Å². The van der Waals surface area contributed by atoms with Crippen molar-refractivity contribution in [3.8, 4) is 0 Å². The fourth-order valence-electron chi connectivity index (χ4n) is 0.787. The summed E-state index contributed by atoms with van der Waals surface area (Å²) in [5, 5.41) is 12.1. The Morgan fingerprint density at radius 2 is 2.31 bits per heavy atom. The monoisotopic (exact) mass is 183 g/mol. The molecular formula is C7H13N5O. The number of anilines is 1. The summed E-state index contributed by atoms with van der Waals surface area (Å²) in [5.41, 5.74) is 5.54. The van der Waals surface area contributed by atoms with Crippen LogP contribution in [0.5, 0.6) is 0 Å². The zero-order valence-corrected chi connectivity index (χ0v) is 7.66. The first kappa shape index (κ1) is 9.50. The predicted octanol–water partition coefficient (Wildman–Crippen LogP) is -0.227. The topological polar surface area (TPSA) is 96.7 Å². The number of H-pyrrole nitrogens is 1. The number of hydrogen-bond donors (Lipinski definition) is 3. The minimum atomic E-state index is -0.292. The van der Waals surface area contributed by atoms with Gasteiger partial charge in [-0.2, -0.15) is 5.21 Å². The minimum absolute atomic E-state index is 0.126. The van der Waals surface area contributed by atoms with Crippen LogP contribution in [0, 0.1) is 5.92 Å². The van der Waals surface area contributed by atoms with E-state index in [1.54, 1.807) is 0 Å². The number of amides is 1. The molecule has 0 saturated heterocycles. The zero-order chi connectivity index (χ0) is 9.84. The van der Waals surface area contributed by atoms with Crippen molar-refractivity contribution >= 4 is 11.7 Å². The SMILES string of the molecule is CC(C)CNC(=O)c1n[nH]nc1N. The number of aromatic nitrogens is 3. The van der Waals surface area contributed by atoms with Gasteiger partial charge in [-0.05, 0) is 5.92 Å². The number of nitrogen functional groups attached to an aromatic ring is 1. The number of hydrogen-bond acceptors (Lipinski definition) is 4. The number of carbonyl (C=O) groups excluding carboxylic acids is 1. The third-order valence-corrected chi connectivity index (χ3v) is 1.46. The molecule has 4 N–H and O–H groups in total. The average Bonchev–Trinajstić information content (AvgIpc) is 2.47. The smallest absolute Gasteiger partial charge is 0.275 e. The van der Waals surface area contributed by atoms with Crippen molar-refractivity contribution in [2.75, 3.05) is 12.3 Å². The highest BCUT2D eigenvalue weighted by Gasteiger charge is 2.13. The molecule has 1 aromatic rings. The lowest BCUT2D eigenvalue weighted by atomic mass is 10.2. The second kappa shape index (κ2) is 3.88. The molecule has 0 unspecified atom stereocenters. The molecule has 0 atom stereocenters. The van der Waals surface area contributed by atoms with E-state index in [2.05, 4.69) is 20.7 Å². The molecule has 1 heterocycles. The lowest BCUT2D eigenvalue weighted by molar-refractivity contribution is 0.0945. The Bertz CT molecular complexity index is 293. The van der Waals surface area contributed by atoms with Crippen molar-refractivity contribution in [2.45, 2.75) is 13.8 Å². The molecule has 0 aromatic carbocycles. The molecule has 1 rings (SSSR count). The number of nitrogens with zero attached hydrogens (tertiary/aromatic N) is 2.